The minimum absolute atomic E-state index is 0.454. The predicted molar refractivity (Wildman–Crippen MR) is 68.8 cm³/mol. The van der Waals surface area contributed by atoms with E-state index >= 15 is 0 Å². The molecule has 5 heteroatoms. The third-order valence-corrected chi connectivity index (χ3v) is 3.11. The summed E-state index contributed by atoms with van der Waals surface area (Å²) in [4.78, 5) is 4.33. The lowest BCUT2D eigenvalue weighted by Crippen LogP contribution is -1.86. The van der Waals surface area contributed by atoms with Gasteiger partial charge in [-0.2, -0.15) is 0 Å². The number of benzene rings is 1. The highest BCUT2D eigenvalue weighted by molar-refractivity contribution is 14.1. The molecule has 0 bridgehead atoms. The van der Waals surface area contributed by atoms with E-state index in [0.717, 1.165) is 3.57 Å². The highest BCUT2D eigenvalue weighted by Crippen LogP contribution is 2.30. The number of fused-ring (bicyclic) bond motifs is 1. The number of nitrogens with two attached hydrogens (primary N) is 1. The smallest absolute Gasteiger partial charge is 0.264 e. The van der Waals surface area contributed by atoms with Crippen molar-refractivity contribution in [2.75, 3.05) is 5.73 Å². The van der Waals surface area contributed by atoms with Crippen LogP contribution in [0.2, 0.25) is 0 Å². The zero-order valence-corrected chi connectivity index (χ0v) is 10.3. The van der Waals surface area contributed by atoms with Crippen molar-refractivity contribution in [3.63, 3.8) is 0 Å². The lowest BCUT2D eigenvalue weighted by atomic mass is 10.3. The first kappa shape index (κ1) is 9.71. The van der Waals surface area contributed by atoms with Crippen LogP contribution in [0.4, 0.5) is 5.69 Å². The number of halogens is 1. The van der Waals surface area contributed by atoms with Crippen molar-refractivity contribution < 1.29 is 8.83 Å². The van der Waals surface area contributed by atoms with Gasteiger partial charge in [-0.05, 0) is 46.9 Å². The van der Waals surface area contributed by atoms with E-state index in [1.165, 1.54) is 0 Å². The van der Waals surface area contributed by atoms with Gasteiger partial charge in [0.2, 0.25) is 0 Å². The maximum Gasteiger partial charge on any atom is 0.264 e. The molecule has 0 saturated carbocycles. The Balaban J connectivity index is 2.31. The molecule has 0 amide bonds. The minimum atomic E-state index is 0.454. The Bertz CT molecular complexity index is 604. The zero-order chi connectivity index (χ0) is 11.1. The molecule has 0 fully saturated rings. The predicted octanol–water partition coefficient (Wildman–Crippen LogP) is 3.27. The SMILES string of the molecule is Nc1ccc(I)c2oc(-c3ccco3)nc12. The van der Waals surface area contributed by atoms with Crippen molar-refractivity contribution in [1.29, 1.82) is 0 Å². The summed E-state index contributed by atoms with van der Waals surface area (Å²) in [5.74, 6) is 1.06. The quantitative estimate of drug-likeness (QED) is 0.551. The van der Waals surface area contributed by atoms with Crippen molar-refractivity contribution in [3.05, 3.63) is 34.1 Å². The van der Waals surface area contributed by atoms with Crippen molar-refractivity contribution in [3.8, 4) is 11.7 Å². The maximum atomic E-state index is 5.84. The number of hydrogen-bond acceptors (Lipinski definition) is 4. The van der Waals surface area contributed by atoms with Crippen LogP contribution in [0.15, 0.2) is 39.4 Å². The molecule has 2 aromatic heterocycles. The topological polar surface area (TPSA) is 65.2 Å². The average Bonchev–Trinajstić information content (AvgIpc) is 2.90. The van der Waals surface area contributed by atoms with Crippen LogP contribution in [0, 0.1) is 3.57 Å². The Morgan fingerprint density at radius 3 is 2.81 bits per heavy atom. The second-order valence-electron chi connectivity index (χ2n) is 3.31. The average molecular weight is 326 g/mol. The van der Waals surface area contributed by atoms with Gasteiger partial charge >= 0.3 is 0 Å². The third-order valence-electron chi connectivity index (χ3n) is 2.26. The molecule has 16 heavy (non-hydrogen) atoms. The molecule has 3 aromatic rings. The second kappa shape index (κ2) is 3.51. The van der Waals surface area contributed by atoms with Gasteiger partial charge in [0.05, 0.1) is 15.5 Å². The number of oxazole rings is 1. The first-order chi connectivity index (χ1) is 7.75. The number of hydrogen-bond donors (Lipinski definition) is 1. The fourth-order valence-electron chi connectivity index (χ4n) is 1.50. The van der Waals surface area contributed by atoms with Gasteiger partial charge in [-0.25, -0.2) is 4.98 Å². The molecule has 80 valence electrons. The molecule has 2 N–H and O–H groups in total. The van der Waals surface area contributed by atoms with Crippen molar-refractivity contribution >= 4 is 39.4 Å². The van der Waals surface area contributed by atoms with Gasteiger partial charge < -0.3 is 14.6 Å². The molecule has 3 rings (SSSR count). The highest BCUT2D eigenvalue weighted by atomic mass is 127. The van der Waals surface area contributed by atoms with Gasteiger partial charge in [0.1, 0.15) is 5.52 Å². The van der Waals surface area contributed by atoms with Crippen LogP contribution in [0.25, 0.3) is 22.8 Å². The minimum Gasteiger partial charge on any atom is -0.459 e. The van der Waals surface area contributed by atoms with Crippen LogP contribution in [-0.2, 0) is 0 Å². The summed E-state index contributed by atoms with van der Waals surface area (Å²) < 4.78 is 11.8. The Morgan fingerprint density at radius 2 is 2.12 bits per heavy atom. The fourth-order valence-corrected chi connectivity index (χ4v) is 2.05. The summed E-state index contributed by atoms with van der Waals surface area (Å²) in [6.45, 7) is 0. The molecular weight excluding hydrogens is 319 g/mol. The Kier molecular flexibility index (Phi) is 2.13. The standard InChI is InChI=1S/C11H7IN2O2/c12-6-3-4-7(13)9-10(6)16-11(14-9)8-2-1-5-15-8/h1-5H,13H2. The molecule has 0 atom stereocenters. The first-order valence-electron chi connectivity index (χ1n) is 4.64. The largest absolute Gasteiger partial charge is 0.459 e. The highest BCUT2D eigenvalue weighted by Gasteiger charge is 2.14. The monoisotopic (exact) mass is 326 g/mol. The van der Waals surface area contributed by atoms with E-state index in [1.54, 1.807) is 18.4 Å². The van der Waals surface area contributed by atoms with E-state index in [2.05, 4.69) is 27.6 Å². The summed E-state index contributed by atoms with van der Waals surface area (Å²) in [6, 6.07) is 7.31. The van der Waals surface area contributed by atoms with E-state index < -0.39 is 0 Å². The summed E-state index contributed by atoms with van der Waals surface area (Å²) in [7, 11) is 0. The van der Waals surface area contributed by atoms with Gasteiger partial charge in [-0.15, -0.1) is 0 Å². The number of nitrogens with zero attached hydrogens (tertiary/aromatic N) is 1. The van der Waals surface area contributed by atoms with Gasteiger partial charge in [-0.3, -0.25) is 0 Å². The van der Waals surface area contributed by atoms with Crippen LogP contribution in [0.3, 0.4) is 0 Å². The Morgan fingerprint density at radius 1 is 1.25 bits per heavy atom. The van der Waals surface area contributed by atoms with E-state index in [-0.39, 0.29) is 0 Å². The zero-order valence-electron chi connectivity index (χ0n) is 8.11. The van der Waals surface area contributed by atoms with Crippen molar-refractivity contribution in [2.24, 2.45) is 0 Å². The third kappa shape index (κ3) is 1.39. The van der Waals surface area contributed by atoms with Gasteiger partial charge in [-0.1, -0.05) is 0 Å². The van der Waals surface area contributed by atoms with Crippen molar-refractivity contribution in [1.82, 2.24) is 4.98 Å². The van der Waals surface area contributed by atoms with Gasteiger partial charge in [0.15, 0.2) is 11.3 Å². The molecule has 0 saturated heterocycles. The lowest BCUT2D eigenvalue weighted by molar-refractivity contribution is 0.534. The molecule has 0 aliphatic rings. The first-order valence-corrected chi connectivity index (χ1v) is 5.72. The molecule has 0 aliphatic carbocycles. The normalized spacial score (nSPS) is 11.1. The van der Waals surface area contributed by atoms with Crippen LogP contribution in [0.5, 0.6) is 0 Å². The number of furan rings is 1. The van der Waals surface area contributed by atoms with Crippen LogP contribution in [0.1, 0.15) is 0 Å². The molecule has 0 aliphatic heterocycles. The molecule has 0 spiro atoms. The Labute approximate surface area is 105 Å². The molecular formula is C11H7IN2O2. The second-order valence-corrected chi connectivity index (χ2v) is 4.47. The van der Waals surface area contributed by atoms with Gasteiger partial charge in [0, 0.05) is 0 Å². The van der Waals surface area contributed by atoms with E-state index in [0.29, 0.717) is 28.4 Å². The number of nitrogen functional groups attached to an aromatic ring is 1. The molecule has 4 nitrogen and oxygen atoms in total. The number of rotatable bonds is 1. The molecule has 0 unspecified atom stereocenters. The molecule has 1 aromatic carbocycles. The summed E-state index contributed by atoms with van der Waals surface area (Å²) >= 11 is 2.19. The summed E-state index contributed by atoms with van der Waals surface area (Å²) in [5.41, 5.74) is 7.82. The molecule has 0 radical (unpaired) electrons. The van der Waals surface area contributed by atoms with E-state index in [1.807, 2.05) is 12.1 Å². The van der Waals surface area contributed by atoms with E-state index in [4.69, 9.17) is 14.6 Å². The fraction of sp³-hybridized carbons (Fsp3) is 0. The van der Waals surface area contributed by atoms with E-state index in [9.17, 15) is 0 Å². The molecule has 2 heterocycles. The number of anilines is 1. The lowest BCUT2D eigenvalue weighted by Gasteiger charge is -1.93. The van der Waals surface area contributed by atoms with Crippen LogP contribution < -0.4 is 5.73 Å². The number of aromatic nitrogens is 1. The summed E-state index contributed by atoms with van der Waals surface area (Å²) in [5, 5.41) is 0. The maximum absolute atomic E-state index is 5.84. The Hall–Kier alpha value is -1.50. The van der Waals surface area contributed by atoms with Crippen molar-refractivity contribution in [2.45, 2.75) is 0 Å². The van der Waals surface area contributed by atoms with Crippen LogP contribution >= 0.6 is 22.6 Å². The van der Waals surface area contributed by atoms with Gasteiger partial charge in [0.25, 0.3) is 5.89 Å². The summed E-state index contributed by atoms with van der Waals surface area (Å²) in [6.07, 6.45) is 1.58. The van der Waals surface area contributed by atoms with Crippen LogP contribution in [-0.4, -0.2) is 4.98 Å².